The molecule has 4 nitrogen and oxygen atoms in total. The lowest BCUT2D eigenvalue weighted by Crippen LogP contribution is -2.41. The smallest absolute Gasteiger partial charge is 0.226 e. The van der Waals surface area contributed by atoms with Gasteiger partial charge >= 0.3 is 0 Å². The van der Waals surface area contributed by atoms with Gasteiger partial charge in [0.15, 0.2) is 0 Å². The topological polar surface area (TPSA) is 66.6 Å². The number of amides is 1. The van der Waals surface area contributed by atoms with E-state index in [9.17, 15) is 9.90 Å². The zero-order valence-corrected chi connectivity index (χ0v) is 12.6. The molecule has 20 heavy (non-hydrogen) atoms. The number of nitrogens with two attached hydrogens (primary N) is 1. The zero-order valence-electron chi connectivity index (χ0n) is 11.8. The van der Waals surface area contributed by atoms with E-state index in [1.807, 2.05) is 36.1 Å². The van der Waals surface area contributed by atoms with Crippen LogP contribution in [0.1, 0.15) is 25.3 Å². The molecule has 112 valence electrons. The van der Waals surface area contributed by atoms with Crippen LogP contribution < -0.4 is 5.73 Å². The first-order valence-corrected chi connectivity index (χ1v) is 6.86. The Balaban J connectivity index is 0.00000200. The maximum absolute atomic E-state index is 12.2. The maximum atomic E-state index is 12.2. The number of aliphatic hydroxyl groups is 1. The van der Waals surface area contributed by atoms with E-state index < -0.39 is 0 Å². The van der Waals surface area contributed by atoms with Crippen LogP contribution >= 0.6 is 12.4 Å². The summed E-state index contributed by atoms with van der Waals surface area (Å²) < 4.78 is 0. The Morgan fingerprint density at radius 2 is 1.90 bits per heavy atom. The maximum Gasteiger partial charge on any atom is 0.226 e. The molecule has 1 atom stereocenters. The number of nitrogen functional groups attached to an aromatic ring is 1. The fraction of sp³-hybridized carbons (Fsp3) is 0.533. The Hall–Kier alpha value is -1.26. The summed E-state index contributed by atoms with van der Waals surface area (Å²) in [4.78, 5) is 14.1. The number of benzene rings is 1. The summed E-state index contributed by atoms with van der Waals surface area (Å²) in [5.74, 6) is 0.495. The molecule has 1 aromatic carbocycles. The fourth-order valence-corrected chi connectivity index (χ4v) is 2.55. The van der Waals surface area contributed by atoms with Crippen molar-refractivity contribution in [1.82, 2.24) is 4.90 Å². The molecule has 1 unspecified atom stereocenters. The molecule has 1 saturated heterocycles. The van der Waals surface area contributed by atoms with Crippen molar-refractivity contribution in [2.45, 2.75) is 32.3 Å². The Bertz CT molecular complexity index is 426. The molecule has 0 spiro atoms. The molecule has 0 radical (unpaired) electrons. The van der Waals surface area contributed by atoms with Gasteiger partial charge in [0.1, 0.15) is 0 Å². The van der Waals surface area contributed by atoms with Crippen molar-refractivity contribution >= 4 is 24.0 Å². The summed E-state index contributed by atoms with van der Waals surface area (Å²) in [7, 11) is 0. The molecular weight excluding hydrogens is 276 g/mol. The Kier molecular flexibility index (Phi) is 6.30. The van der Waals surface area contributed by atoms with Crippen molar-refractivity contribution in [2.75, 3.05) is 18.8 Å². The highest BCUT2D eigenvalue weighted by Gasteiger charge is 2.25. The van der Waals surface area contributed by atoms with Crippen LogP contribution in [0.2, 0.25) is 0 Å². The van der Waals surface area contributed by atoms with E-state index in [0.717, 1.165) is 31.5 Å². The second kappa shape index (κ2) is 7.50. The average Bonchev–Trinajstić information content (AvgIpc) is 2.41. The van der Waals surface area contributed by atoms with E-state index in [1.165, 1.54) is 0 Å². The highest BCUT2D eigenvalue weighted by molar-refractivity contribution is 5.85. The lowest BCUT2D eigenvalue weighted by Gasteiger charge is -2.33. The summed E-state index contributed by atoms with van der Waals surface area (Å²) >= 11 is 0. The number of nitrogens with zero attached hydrogens (tertiary/aromatic N) is 1. The first-order valence-electron chi connectivity index (χ1n) is 6.86. The molecule has 1 aromatic rings. The van der Waals surface area contributed by atoms with Crippen molar-refractivity contribution in [3.05, 3.63) is 29.8 Å². The molecule has 1 amide bonds. The number of hydrogen-bond acceptors (Lipinski definition) is 3. The van der Waals surface area contributed by atoms with Crippen LogP contribution in [0.15, 0.2) is 24.3 Å². The number of piperidine rings is 1. The predicted octanol–water partition coefficient (Wildman–Crippen LogP) is 1.85. The Morgan fingerprint density at radius 3 is 2.40 bits per heavy atom. The monoisotopic (exact) mass is 298 g/mol. The van der Waals surface area contributed by atoms with Gasteiger partial charge in [-0.05, 0) is 43.4 Å². The highest BCUT2D eigenvalue weighted by atomic mass is 35.5. The molecule has 1 aliphatic heterocycles. The fourth-order valence-electron chi connectivity index (χ4n) is 2.55. The second-order valence-corrected chi connectivity index (χ2v) is 5.38. The number of hydrogen-bond donors (Lipinski definition) is 2. The summed E-state index contributed by atoms with van der Waals surface area (Å²) in [5.41, 5.74) is 7.34. The van der Waals surface area contributed by atoms with Gasteiger partial charge in [-0.15, -0.1) is 12.4 Å². The number of rotatable bonds is 3. The lowest BCUT2D eigenvalue weighted by atomic mass is 9.92. The predicted molar refractivity (Wildman–Crippen MR) is 82.8 cm³/mol. The van der Waals surface area contributed by atoms with E-state index in [4.69, 9.17) is 5.73 Å². The summed E-state index contributed by atoms with van der Waals surface area (Å²) in [6, 6.07) is 7.44. The lowest BCUT2D eigenvalue weighted by molar-refractivity contribution is -0.132. The van der Waals surface area contributed by atoms with Gasteiger partial charge in [-0.25, -0.2) is 0 Å². The van der Waals surface area contributed by atoms with Gasteiger partial charge in [-0.2, -0.15) is 0 Å². The van der Waals surface area contributed by atoms with Crippen molar-refractivity contribution < 1.29 is 9.90 Å². The molecule has 0 bridgehead atoms. The number of carbonyl (C=O) groups is 1. The quantitative estimate of drug-likeness (QED) is 0.837. The number of anilines is 1. The van der Waals surface area contributed by atoms with Crippen LogP contribution in [0.4, 0.5) is 5.69 Å². The van der Waals surface area contributed by atoms with E-state index in [0.29, 0.717) is 18.0 Å². The van der Waals surface area contributed by atoms with Crippen LogP contribution in [0.3, 0.4) is 0 Å². The minimum atomic E-state index is -0.269. The molecule has 1 fully saturated rings. The molecular formula is C15H23ClN2O2. The number of likely N-dealkylation sites (tertiary alicyclic amines) is 1. The van der Waals surface area contributed by atoms with E-state index in [-0.39, 0.29) is 24.4 Å². The molecule has 3 N–H and O–H groups in total. The van der Waals surface area contributed by atoms with Gasteiger partial charge in [-0.3, -0.25) is 4.79 Å². The third kappa shape index (κ3) is 4.39. The van der Waals surface area contributed by atoms with Gasteiger partial charge in [0, 0.05) is 18.8 Å². The van der Waals surface area contributed by atoms with Crippen LogP contribution in [0.25, 0.3) is 0 Å². The number of carbonyl (C=O) groups excluding carboxylic acids is 1. The van der Waals surface area contributed by atoms with Gasteiger partial charge < -0.3 is 15.7 Å². The third-order valence-corrected chi connectivity index (χ3v) is 3.91. The molecule has 2 rings (SSSR count). The summed E-state index contributed by atoms with van der Waals surface area (Å²) in [6.45, 7) is 3.34. The number of halogens is 1. The second-order valence-electron chi connectivity index (χ2n) is 5.38. The Morgan fingerprint density at radius 1 is 1.35 bits per heavy atom. The van der Waals surface area contributed by atoms with E-state index in [2.05, 4.69) is 0 Å². The van der Waals surface area contributed by atoms with Crippen molar-refractivity contribution in [2.24, 2.45) is 5.92 Å². The van der Waals surface area contributed by atoms with Crippen LogP contribution in [-0.4, -0.2) is 35.1 Å². The van der Waals surface area contributed by atoms with Gasteiger partial charge in [-0.1, -0.05) is 12.1 Å². The highest BCUT2D eigenvalue weighted by Crippen LogP contribution is 2.21. The minimum Gasteiger partial charge on any atom is -0.399 e. The van der Waals surface area contributed by atoms with E-state index >= 15 is 0 Å². The van der Waals surface area contributed by atoms with E-state index in [1.54, 1.807) is 0 Å². The molecule has 0 aromatic heterocycles. The van der Waals surface area contributed by atoms with Crippen LogP contribution in [0.5, 0.6) is 0 Å². The van der Waals surface area contributed by atoms with Crippen molar-refractivity contribution in [3.63, 3.8) is 0 Å². The molecule has 0 saturated carbocycles. The first kappa shape index (κ1) is 16.8. The Labute approximate surface area is 126 Å². The summed E-state index contributed by atoms with van der Waals surface area (Å²) in [5, 5.41) is 9.55. The summed E-state index contributed by atoms with van der Waals surface area (Å²) in [6.07, 6.45) is 1.95. The van der Waals surface area contributed by atoms with Gasteiger partial charge in [0.25, 0.3) is 0 Å². The molecule has 1 aliphatic rings. The average molecular weight is 299 g/mol. The largest absolute Gasteiger partial charge is 0.399 e. The molecule has 0 aliphatic carbocycles. The van der Waals surface area contributed by atoms with Gasteiger partial charge in [0.05, 0.1) is 12.5 Å². The normalized spacial score (nSPS) is 17.4. The van der Waals surface area contributed by atoms with Crippen LogP contribution in [0, 0.1) is 5.92 Å². The standard InChI is InChI=1S/C15H22N2O2.ClH/c1-11(18)13-6-8-17(9-7-13)15(19)10-12-2-4-14(16)5-3-12;/h2-5,11,13,18H,6-10,16H2,1H3;1H. The molecule has 5 heteroatoms. The zero-order chi connectivity index (χ0) is 13.8. The minimum absolute atomic E-state index is 0. The van der Waals surface area contributed by atoms with Gasteiger partial charge in [0.2, 0.25) is 5.91 Å². The first-order chi connectivity index (χ1) is 9.06. The third-order valence-electron chi connectivity index (χ3n) is 3.91. The number of aliphatic hydroxyl groups excluding tert-OH is 1. The molecule has 1 heterocycles. The van der Waals surface area contributed by atoms with Crippen molar-refractivity contribution in [3.8, 4) is 0 Å². The van der Waals surface area contributed by atoms with Crippen LogP contribution in [-0.2, 0) is 11.2 Å². The van der Waals surface area contributed by atoms with Crippen molar-refractivity contribution in [1.29, 1.82) is 0 Å². The SMILES string of the molecule is CC(O)C1CCN(C(=O)Cc2ccc(N)cc2)CC1.Cl.